The summed E-state index contributed by atoms with van der Waals surface area (Å²) in [7, 11) is 8.94. The summed E-state index contributed by atoms with van der Waals surface area (Å²) in [6, 6.07) is 3.63. The van der Waals surface area contributed by atoms with Crippen LogP contribution in [-0.2, 0) is 4.79 Å². The van der Waals surface area contributed by atoms with Gasteiger partial charge in [0, 0.05) is 18.2 Å². The molecule has 1 aliphatic rings. The fraction of sp³-hybridized carbons (Fsp3) is 0.591. The van der Waals surface area contributed by atoms with Crippen molar-refractivity contribution in [3.63, 3.8) is 0 Å². The molecule has 0 heterocycles. The highest BCUT2D eigenvalue weighted by Crippen LogP contribution is 2.38. The van der Waals surface area contributed by atoms with Gasteiger partial charge in [-0.1, -0.05) is 25.7 Å². The minimum atomic E-state index is -0.0979. The second-order valence-electron chi connectivity index (χ2n) is 7.54. The molecule has 1 fully saturated rings. The number of ether oxygens (including phenoxy) is 3. The zero-order valence-electron chi connectivity index (χ0n) is 17.8. The van der Waals surface area contributed by atoms with Gasteiger partial charge in [0.25, 0.3) is 0 Å². The lowest BCUT2D eigenvalue weighted by atomic mass is 9.88. The molecule has 1 amide bonds. The van der Waals surface area contributed by atoms with Gasteiger partial charge in [0.2, 0.25) is 11.7 Å². The summed E-state index contributed by atoms with van der Waals surface area (Å²) in [6.45, 7) is 0.665. The van der Waals surface area contributed by atoms with Crippen LogP contribution in [0.5, 0.6) is 17.2 Å². The fourth-order valence-electron chi connectivity index (χ4n) is 3.85. The first kappa shape index (κ1) is 22.1. The Morgan fingerprint density at radius 2 is 1.61 bits per heavy atom. The maximum absolute atomic E-state index is 12.4. The number of rotatable bonds is 8. The van der Waals surface area contributed by atoms with E-state index in [2.05, 4.69) is 24.3 Å². The van der Waals surface area contributed by atoms with E-state index < -0.39 is 0 Å². The maximum Gasteiger partial charge on any atom is 0.244 e. The van der Waals surface area contributed by atoms with E-state index in [1.54, 1.807) is 33.5 Å². The Morgan fingerprint density at radius 3 is 2.07 bits per heavy atom. The summed E-state index contributed by atoms with van der Waals surface area (Å²) in [5.74, 6) is 1.56. The molecule has 1 aliphatic carbocycles. The predicted octanol–water partition coefficient (Wildman–Crippen LogP) is 3.50. The number of carbonyl (C=O) groups excluding carboxylic acids is 1. The number of benzene rings is 1. The summed E-state index contributed by atoms with van der Waals surface area (Å²) in [5.41, 5.74) is 0.855. The van der Waals surface area contributed by atoms with E-state index in [9.17, 15) is 4.79 Å². The van der Waals surface area contributed by atoms with E-state index in [0.717, 1.165) is 18.4 Å². The van der Waals surface area contributed by atoms with Crippen LogP contribution >= 0.6 is 0 Å². The van der Waals surface area contributed by atoms with Crippen LogP contribution in [-0.4, -0.2) is 58.3 Å². The highest BCUT2D eigenvalue weighted by atomic mass is 16.5. The minimum absolute atomic E-state index is 0.0482. The molecule has 1 aromatic carbocycles. The number of hydrogen-bond donors (Lipinski definition) is 1. The lowest BCUT2D eigenvalue weighted by Crippen LogP contribution is -2.52. The molecule has 0 aliphatic heterocycles. The highest BCUT2D eigenvalue weighted by Gasteiger charge is 2.33. The number of likely N-dealkylation sites (N-methyl/N-ethyl adjacent to an activating group) is 1. The Kier molecular flexibility index (Phi) is 8.18. The van der Waals surface area contributed by atoms with E-state index >= 15 is 0 Å². The van der Waals surface area contributed by atoms with Gasteiger partial charge in [-0.25, -0.2) is 0 Å². The molecule has 28 heavy (non-hydrogen) atoms. The van der Waals surface area contributed by atoms with Crippen LogP contribution < -0.4 is 19.5 Å². The zero-order valence-corrected chi connectivity index (χ0v) is 17.8. The normalized spacial score (nSPS) is 16.6. The number of hydrogen-bond acceptors (Lipinski definition) is 5. The van der Waals surface area contributed by atoms with Crippen molar-refractivity contribution in [2.24, 2.45) is 0 Å². The van der Waals surface area contributed by atoms with Crippen LogP contribution in [0.4, 0.5) is 0 Å². The van der Waals surface area contributed by atoms with E-state index in [4.69, 9.17) is 14.2 Å². The molecule has 1 aromatic rings. The molecule has 0 unspecified atom stereocenters. The first-order valence-corrected chi connectivity index (χ1v) is 9.89. The van der Waals surface area contributed by atoms with Crippen LogP contribution in [0.25, 0.3) is 6.08 Å². The van der Waals surface area contributed by atoms with Crippen LogP contribution in [0.15, 0.2) is 18.2 Å². The van der Waals surface area contributed by atoms with Crippen molar-refractivity contribution in [1.82, 2.24) is 10.2 Å². The van der Waals surface area contributed by atoms with Crippen molar-refractivity contribution in [2.45, 2.75) is 44.1 Å². The van der Waals surface area contributed by atoms with Gasteiger partial charge in [0.05, 0.1) is 21.3 Å². The third-order valence-electron chi connectivity index (χ3n) is 5.69. The predicted molar refractivity (Wildman–Crippen MR) is 112 cm³/mol. The average Bonchev–Trinajstić information content (AvgIpc) is 2.96. The smallest absolute Gasteiger partial charge is 0.244 e. The van der Waals surface area contributed by atoms with Crippen molar-refractivity contribution in [1.29, 1.82) is 0 Å². The minimum Gasteiger partial charge on any atom is -0.493 e. The fourth-order valence-corrected chi connectivity index (χ4v) is 3.85. The van der Waals surface area contributed by atoms with E-state index in [-0.39, 0.29) is 11.4 Å². The number of methoxy groups -OCH3 is 3. The van der Waals surface area contributed by atoms with Crippen molar-refractivity contribution < 1.29 is 19.0 Å². The summed E-state index contributed by atoms with van der Waals surface area (Å²) in [4.78, 5) is 14.7. The van der Waals surface area contributed by atoms with Crippen LogP contribution in [0, 0.1) is 0 Å². The lowest BCUT2D eigenvalue weighted by molar-refractivity contribution is -0.117. The molecule has 156 valence electrons. The molecule has 0 atom stereocenters. The van der Waals surface area contributed by atoms with Gasteiger partial charge in [-0.05, 0) is 50.7 Å². The zero-order chi connectivity index (χ0) is 20.6. The van der Waals surface area contributed by atoms with Gasteiger partial charge in [0.15, 0.2) is 11.5 Å². The van der Waals surface area contributed by atoms with Gasteiger partial charge in [-0.2, -0.15) is 0 Å². The van der Waals surface area contributed by atoms with Crippen molar-refractivity contribution in [2.75, 3.05) is 42.0 Å². The second kappa shape index (κ2) is 10.4. The largest absolute Gasteiger partial charge is 0.493 e. The number of amides is 1. The quantitative estimate of drug-likeness (QED) is 0.544. The molecule has 1 saturated carbocycles. The first-order chi connectivity index (χ1) is 13.5. The average molecular weight is 391 g/mol. The Morgan fingerprint density at radius 1 is 1.04 bits per heavy atom. The van der Waals surface area contributed by atoms with Gasteiger partial charge in [0.1, 0.15) is 0 Å². The summed E-state index contributed by atoms with van der Waals surface area (Å²) < 4.78 is 16.0. The van der Waals surface area contributed by atoms with E-state index in [1.165, 1.54) is 25.7 Å². The van der Waals surface area contributed by atoms with E-state index in [1.807, 2.05) is 12.1 Å². The van der Waals surface area contributed by atoms with Gasteiger partial charge < -0.3 is 24.4 Å². The standard InChI is InChI=1S/C22H34N2O4/c1-24(2)22(12-8-6-7-9-13-22)16-23-20(25)11-10-17-14-18(26-3)21(28-5)19(15-17)27-4/h10-11,14-15H,6-9,12-13,16H2,1-5H3,(H,23,25)/b11-10+. The molecular weight excluding hydrogens is 356 g/mol. The molecule has 0 radical (unpaired) electrons. The third-order valence-corrected chi connectivity index (χ3v) is 5.69. The number of nitrogens with zero attached hydrogens (tertiary/aromatic N) is 1. The van der Waals surface area contributed by atoms with Gasteiger partial charge in [-0.15, -0.1) is 0 Å². The molecular formula is C22H34N2O4. The lowest BCUT2D eigenvalue weighted by Gasteiger charge is -2.39. The summed E-state index contributed by atoms with van der Waals surface area (Å²) in [6.07, 6.45) is 10.6. The number of carbonyl (C=O) groups is 1. The number of nitrogens with one attached hydrogen (secondary N) is 1. The Balaban J connectivity index is 2.07. The summed E-state index contributed by atoms with van der Waals surface area (Å²) in [5, 5.41) is 3.10. The maximum atomic E-state index is 12.4. The second-order valence-corrected chi connectivity index (χ2v) is 7.54. The van der Waals surface area contributed by atoms with Gasteiger partial charge in [-0.3, -0.25) is 4.79 Å². The Bertz CT molecular complexity index is 652. The van der Waals surface area contributed by atoms with Crippen molar-refractivity contribution in [3.8, 4) is 17.2 Å². The van der Waals surface area contributed by atoms with Crippen LogP contribution in [0.1, 0.15) is 44.1 Å². The van der Waals surface area contributed by atoms with E-state index in [0.29, 0.717) is 23.8 Å². The topological polar surface area (TPSA) is 60.0 Å². The molecule has 0 bridgehead atoms. The Labute approximate surface area is 168 Å². The monoisotopic (exact) mass is 390 g/mol. The highest BCUT2D eigenvalue weighted by molar-refractivity contribution is 5.92. The molecule has 1 N–H and O–H groups in total. The van der Waals surface area contributed by atoms with Crippen LogP contribution in [0.3, 0.4) is 0 Å². The third kappa shape index (κ3) is 5.41. The summed E-state index contributed by atoms with van der Waals surface area (Å²) >= 11 is 0. The molecule has 0 aromatic heterocycles. The molecule has 0 spiro atoms. The van der Waals surface area contributed by atoms with Gasteiger partial charge >= 0.3 is 0 Å². The molecule has 2 rings (SSSR count). The molecule has 6 nitrogen and oxygen atoms in total. The SMILES string of the molecule is COc1cc(/C=C/C(=O)NCC2(N(C)C)CCCCCC2)cc(OC)c1OC. The molecule has 0 saturated heterocycles. The molecule has 6 heteroatoms. The first-order valence-electron chi connectivity index (χ1n) is 9.89. The Hall–Kier alpha value is -2.21. The van der Waals surface area contributed by atoms with Crippen molar-refractivity contribution in [3.05, 3.63) is 23.8 Å². The van der Waals surface area contributed by atoms with Crippen LogP contribution in [0.2, 0.25) is 0 Å². The van der Waals surface area contributed by atoms with Crippen molar-refractivity contribution >= 4 is 12.0 Å².